The summed E-state index contributed by atoms with van der Waals surface area (Å²) in [7, 11) is 1.38. The van der Waals surface area contributed by atoms with Crippen LogP contribution in [0.2, 0.25) is 0 Å². The summed E-state index contributed by atoms with van der Waals surface area (Å²) in [6.45, 7) is 1.03. The Bertz CT molecular complexity index is 763. The molecule has 1 unspecified atom stereocenters. The van der Waals surface area contributed by atoms with Crippen molar-refractivity contribution in [2.24, 2.45) is 5.92 Å². The molecular weight excluding hydrogens is 360 g/mol. The zero-order chi connectivity index (χ0) is 16.4. The van der Waals surface area contributed by atoms with E-state index in [1.54, 1.807) is 11.1 Å². The molecule has 2 heterocycles. The maximum absolute atomic E-state index is 12.9. The van der Waals surface area contributed by atoms with Gasteiger partial charge >= 0.3 is 5.97 Å². The van der Waals surface area contributed by atoms with Gasteiger partial charge in [0.2, 0.25) is 0 Å². The number of hydrogen-bond donors (Lipinski definition) is 0. The largest absolute Gasteiger partial charge is 0.469 e. The third kappa shape index (κ3) is 3.22. The highest BCUT2D eigenvalue weighted by Gasteiger charge is 2.30. The number of hydrogen-bond acceptors (Lipinski definition) is 4. The molecule has 6 heteroatoms. The molecule has 23 heavy (non-hydrogen) atoms. The Morgan fingerprint density at radius 2 is 2.17 bits per heavy atom. The van der Waals surface area contributed by atoms with Crippen LogP contribution in [-0.2, 0) is 9.53 Å². The van der Waals surface area contributed by atoms with Crippen LogP contribution in [0.5, 0.6) is 0 Å². The van der Waals surface area contributed by atoms with Gasteiger partial charge in [-0.15, -0.1) is 0 Å². The van der Waals surface area contributed by atoms with Gasteiger partial charge in [-0.3, -0.25) is 14.6 Å². The summed E-state index contributed by atoms with van der Waals surface area (Å²) in [5, 5.41) is 1.78. The number of nitrogens with zero attached hydrogens (tertiary/aromatic N) is 2. The van der Waals surface area contributed by atoms with Gasteiger partial charge in [-0.1, -0.05) is 22.0 Å². The summed E-state index contributed by atoms with van der Waals surface area (Å²) in [6, 6.07) is 7.63. The molecule has 0 bridgehead atoms. The van der Waals surface area contributed by atoms with Gasteiger partial charge in [0.05, 0.1) is 13.0 Å². The second kappa shape index (κ2) is 6.66. The second-order valence-electron chi connectivity index (χ2n) is 5.64. The number of aromatic nitrogens is 1. The van der Waals surface area contributed by atoms with Gasteiger partial charge in [0.15, 0.2) is 0 Å². The molecule has 1 amide bonds. The molecule has 0 aliphatic carbocycles. The lowest BCUT2D eigenvalue weighted by atomic mass is 9.97. The van der Waals surface area contributed by atoms with E-state index in [1.807, 2.05) is 24.3 Å². The number of rotatable bonds is 2. The maximum Gasteiger partial charge on any atom is 0.310 e. The van der Waals surface area contributed by atoms with E-state index in [4.69, 9.17) is 4.74 Å². The standard InChI is InChI=1S/C17H17BrN2O3/c1-23-17(22)12-3-2-8-20(10-12)16(21)15-14-5-4-13(18)9-11(14)6-7-19-15/h4-7,9,12H,2-3,8,10H2,1H3. The average Bonchev–Trinajstić information content (AvgIpc) is 2.59. The Morgan fingerprint density at radius 1 is 1.35 bits per heavy atom. The van der Waals surface area contributed by atoms with E-state index < -0.39 is 0 Å². The van der Waals surface area contributed by atoms with E-state index in [1.165, 1.54) is 7.11 Å². The lowest BCUT2D eigenvalue weighted by Gasteiger charge is -2.31. The van der Waals surface area contributed by atoms with Gasteiger partial charge in [-0.25, -0.2) is 0 Å². The van der Waals surface area contributed by atoms with Crippen molar-refractivity contribution in [3.8, 4) is 0 Å². The highest BCUT2D eigenvalue weighted by Crippen LogP contribution is 2.24. The zero-order valence-corrected chi connectivity index (χ0v) is 14.4. The van der Waals surface area contributed by atoms with Crippen LogP contribution in [0.25, 0.3) is 10.8 Å². The molecule has 1 saturated heterocycles. The van der Waals surface area contributed by atoms with E-state index in [0.717, 1.165) is 28.1 Å². The van der Waals surface area contributed by atoms with E-state index in [-0.39, 0.29) is 17.8 Å². The number of halogens is 1. The molecule has 0 radical (unpaired) electrons. The van der Waals surface area contributed by atoms with Gasteiger partial charge < -0.3 is 9.64 Å². The first-order valence-electron chi connectivity index (χ1n) is 7.51. The molecule has 1 aromatic carbocycles. The Hall–Kier alpha value is -1.95. The molecule has 1 atom stereocenters. The number of carbonyl (C=O) groups is 2. The highest BCUT2D eigenvalue weighted by atomic mass is 79.9. The summed E-state index contributed by atoms with van der Waals surface area (Å²) >= 11 is 3.44. The van der Waals surface area contributed by atoms with Crippen molar-refractivity contribution in [2.75, 3.05) is 20.2 Å². The molecule has 0 spiro atoms. The average molecular weight is 377 g/mol. The molecule has 1 aromatic heterocycles. The Morgan fingerprint density at radius 3 is 2.96 bits per heavy atom. The molecule has 120 valence electrons. The van der Waals surface area contributed by atoms with Gasteiger partial charge in [0.25, 0.3) is 5.91 Å². The van der Waals surface area contributed by atoms with Crippen molar-refractivity contribution >= 4 is 38.6 Å². The lowest BCUT2D eigenvalue weighted by Crippen LogP contribution is -2.43. The minimum atomic E-state index is -0.252. The molecule has 1 fully saturated rings. The number of fused-ring (bicyclic) bond motifs is 1. The number of carbonyl (C=O) groups excluding carboxylic acids is 2. The van der Waals surface area contributed by atoms with Crippen LogP contribution in [0.1, 0.15) is 23.3 Å². The molecule has 0 saturated carbocycles. The fourth-order valence-electron chi connectivity index (χ4n) is 2.99. The number of likely N-dealkylation sites (tertiary alicyclic amines) is 1. The Kier molecular flexibility index (Phi) is 4.61. The minimum Gasteiger partial charge on any atom is -0.469 e. The van der Waals surface area contributed by atoms with E-state index >= 15 is 0 Å². The quantitative estimate of drug-likeness (QED) is 0.755. The van der Waals surface area contributed by atoms with Crippen molar-refractivity contribution < 1.29 is 14.3 Å². The van der Waals surface area contributed by atoms with Crippen molar-refractivity contribution in [1.29, 1.82) is 0 Å². The summed E-state index contributed by atoms with van der Waals surface area (Å²) < 4.78 is 5.77. The van der Waals surface area contributed by atoms with E-state index in [9.17, 15) is 9.59 Å². The molecule has 2 aromatic rings. The van der Waals surface area contributed by atoms with Crippen LogP contribution in [0.4, 0.5) is 0 Å². The topological polar surface area (TPSA) is 59.5 Å². The van der Waals surface area contributed by atoms with Gasteiger partial charge in [0.1, 0.15) is 5.69 Å². The number of ether oxygens (including phenoxy) is 1. The number of amides is 1. The van der Waals surface area contributed by atoms with Crippen LogP contribution in [-0.4, -0.2) is 42.0 Å². The number of pyridine rings is 1. The van der Waals surface area contributed by atoms with Crippen LogP contribution in [0, 0.1) is 5.92 Å². The summed E-state index contributed by atoms with van der Waals surface area (Å²) in [4.78, 5) is 30.6. The Balaban J connectivity index is 1.90. The summed E-state index contributed by atoms with van der Waals surface area (Å²) in [5.41, 5.74) is 0.431. The first-order valence-corrected chi connectivity index (χ1v) is 8.31. The molecule has 1 aliphatic rings. The number of methoxy groups -OCH3 is 1. The SMILES string of the molecule is COC(=O)C1CCCN(C(=O)c2nccc3cc(Br)ccc23)C1. The molecule has 0 N–H and O–H groups in total. The molecule has 3 rings (SSSR count). The fraction of sp³-hybridized carbons (Fsp3) is 0.353. The zero-order valence-electron chi connectivity index (χ0n) is 12.8. The molecule has 5 nitrogen and oxygen atoms in total. The van der Waals surface area contributed by atoms with Crippen LogP contribution >= 0.6 is 15.9 Å². The highest BCUT2D eigenvalue weighted by molar-refractivity contribution is 9.10. The van der Waals surface area contributed by atoms with Crippen LogP contribution < -0.4 is 0 Å². The number of esters is 1. The minimum absolute atomic E-state index is 0.133. The fourth-order valence-corrected chi connectivity index (χ4v) is 3.37. The first kappa shape index (κ1) is 15.9. The van der Waals surface area contributed by atoms with Crippen LogP contribution in [0.15, 0.2) is 34.9 Å². The summed E-state index contributed by atoms with van der Waals surface area (Å²) in [6.07, 6.45) is 3.19. The van der Waals surface area contributed by atoms with E-state index in [0.29, 0.717) is 18.8 Å². The number of piperidine rings is 1. The van der Waals surface area contributed by atoms with E-state index in [2.05, 4.69) is 20.9 Å². The monoisotopic (exact) mass is 376 g/mol. The predicted octanol–water partition coefficient (Wildman–Crippen LogP) is 3.02. The van der Waals surface area contributed by atoms with Crippen molar-refractivity contribution in [3.05, 3.63) is 40.6 Å². The third-order valence-electron chi connectivity index (χ3n) is 4.17. The molecular formula is C17H17BrN2O3. The van der Waals surface area contributed by atoms with Crippen LogP contribution in [0.3, 0.4) is 0 Å². The van der Waals surface area contributed by atoms with Gasteiger partial charge in [-0.05, 0) is 36.4 Å². The first-order chi connectivity index (χ1) is 11.1. The lowest BCUT2D eigenvalue weighted by molar-refractivity contribution is -0.146. The number of benzene rings is 1. The Labute approximate surface area is 142 Å². The van der Waals surface area contributed by atoms with Gasteiger partial charge in [0, 0.05) is 29.1 Å². The predicted molar refractivity (Wildman–Crippen MR) is 90.1 cm³/mol. The second-order valence-corrected chi connectivity index (χ2v) is 6.55. The maximum atomic E-state index is 12.9. The smallest absolute Gasteiger partial charge is 0.310 e. The summed E-state index contributed by atoms with van der Waals surface area (Å²) in [5.74, 6) is -0.634. The normalized spacial score (nSPS) is 18.0. The van der Waals surface area contributed by atoms with Crippen molar-refractivity contribution in [2.45, 2.75) is 12.8 Å². The van der Waals surface area contributed by atoms with Crippen molar-refractivity contribution in [3.63, 3.8) is 0 Å². The van der Waals surface area contributed by atoms with Gasteiger partial charge in [-0.2, -0.15) is 0 Å². The molecule has 1 aliphatic heterocycles. The van der Waals surface area contributed by atoms with Crippen molar-refractivity contribution in [1.82, 2.24) is 9.88 Å². The third-order valence-corrected chi connectivity index (χ3v) is 4.67.